The second kappa shape index (κ2) is 8.45. The minimum atomic E-state index is -5.19. The second-order valence-corrected chi connectivity index (χ2v) is 11.1. The molecule has 3 aromatic carbocycles. The van der Waals surface area contributed by atoms with Crippen molar-refractivity contribution < 1.29 is 25.9 Å². The van der Waals surface area contributed by atoms with E-state index in [-0.39, 0.29) is 21.8 Å². The van der Waals surface area contributed by atoms with Gasteiger partial charge in [0.2, 0.25) is 0 Å². The Bertz CT molecular complexity index is 1750. The van der Waals surface area contributed by atoms with Crippen molar-refractivity contribution in [3.63, 3.8) is 0 Å². The molecule has 5 rings (SSSR count). The first-order valence-electron chi connectivity index (χ1n) is 10.8. The first kappa shape index (κ1) is 24.0. The summed E-state index contributed by atoms with van der Waals surface area (Å²) in [5, 5.41) is -0.293. The van der Waals surface area contributed by atoms with Gasteiger partial charge in [-0.25, -0.2) is 0 Å². The molecule has 0 unspecified atom stereocenters. The largest absolute Gasteiger partial charge is 0.296 e. The summed E-state index contributed by atoms with van der Waals surface area (Å²) < 4.78 is 72.3. The van der Waals surface area contributed by atoms with Gasteiger partial charge >= 0.3 is 0 Å². The van der Waals surface area contributed by atoms with Crippen molar-refractivity contribution in [1.29, 1.82) is 0 Å². The van der Waals surface area contributed by atoms with E-state index in [1.807, 2.05) is 0 Å². The van der Waals surface area contributed by atoms with Crippen molar-refractivity contribution in [2.75, 3.05) is 0 Å². The maximum atomic E-state index is 12.9. The molecule has 0 bridgehead atoms. The highest BCUT2D eigenvalue weighted by molar-refractivity contribution is 7.89. The first-order valence-corrected chi connectivity index (χ1v) is 13.7. The molecule has 8 nitrogen and oxygen atoms in total. The summed E-state index contributed by atoms with van der Waals surface area (Å²) in [6.45, 7) is 3.44. The Hall–Kier alpha value is -3.70. The zero-order valence-electron chi connectivity index (χ0n) is 19.2. The van der Waals surface area contributed by atoms with Gasteiger partial charge in [-0.3, -0.25) is 19.1 Å². The second-order valence-electron chi connectivity index (χ2n) is 8.41. The molecular weight excluding hydrogens is 500 g/mol. The van der Waals surface area contributed by atoms with Crippen LogP contribution in [0.4, 0.5) is 0 Å². The highest BCUT2D eigenvalue weighted by atomic mass is 32.2. The maximum absolute atomic E-state index is 12.9. The highest BCUT2D eigenvalue weighted by Gasteiger charge is 2.34. The number of rotatable bonds is 4. The predicted molar refractivity (Wildman–Crippen MR) is 137 cm³/mol. The van der Waals surface area contributed by atoms with Crippen molar-refractivity contribution in [2.45, 2.75) is 23.6 Å². The van der Waals surface area contributed by atoms with Crippen molar-refractivity contribution >= 4 is 42.0 Å². The molecule has 0 aliphatic rings. The van der Waals surface area contributed by atoms with Crippen LogP contribution in [0.2, 0.25) is 0 Å². The van der Waals surface area contributed by atoms with Crippen LogP contribution in [0.15, 0.2) is 82.6 Å². The molecule has 0 aliphatic carbocycles. The third-order valence-corrected chi connectivity index (χ3v) is 7.84. The lowest BCUT2D eigenvalue weighted by molar-refractivity contribution is 0.469. The van der Waals surface area contributed by atoms with E-state index in [4.69, 9.17) is 0 Å². The van der Waals surface area contributed by atoms with Crippen LogP contribution in [0.1, 0.15) is 11.4 Å². The van der Waals surface area contributed by atoms with Gasteiger partial charge in [0.15, 0.2) is 0 Å². The molecule has 0 amide bonds. The van der Waals surface area contributed by atoms with E-state index in [0.29, 0.717) is 33.6 Å². The molecule has 2 aromatic heterocycles. The molecule has 0 atom stereocenters. The Labute approximate surface area is 207 Å². The summed E-state index contributed by atoms with van der Waals surface area (Å²) >= 11 is 0. The molecule has 0 saturated carbocycles. The summed E-state index contributed by atoms with van der Waals surface area (Å²) in [6.07, 6.45) is 0. The van der Waals surface area contributed by atoms with Gasteiger partial charge in [0.05, 0.1) is 11.0 Å². The number of hydrogen-bond donors (Lipinski definition) is 2. The van der Waals surface area contributed by atoms with E-state index in [9.17, 15) is 25.9 Å². The number of fused-ring (bicyclic) bond motifs is 3. The number of aromatic nitrogens is 2. The van der Waals surface area contributed by atoms with Crippen LogP contribution in [0, 0.1) is 13.8 Å². The number of nitrogens with zero attached hydrogens (tertiary/aromatic N) is 2. The predicted octanol–water partition coefficient (Wildman–Crippen LogP) is 5.23. The summed E-state index contributed by atoms with van der Waals surface area (Å²) in [5.74, 6) is 0. The maximum Gasteiger partial charge on any atom is 0.296 e. The number of aryl methyl sites for hydroxylation is 2. The zero-order valence-corrected chi connectivity index (χ0v) is 20.8. The Balaban J connectivity index is 2.20. The van der Waals surface area contributed by atoms with Crippen molar-refractivity contribution in [1.82, 2.24) is 9.97 Å². The first-order chi connectivity index (χ1) is 17.0. The van der Waals surface area contributed by atoms with Crippen LogP contribution in [-0.2, 0) is 20.2 Å². The number of hydrogen-bond acceptors (Lipinski definition) is 6. The van der Waals surface area contributed by atoms with E-state index in [2.05, 4.69) is 9.97 Å². The van der Waals surface area contributed by atoms with E-state index in [0.717, 1.165) is 0 Å². The lowest BCUT2D eigenvalue weighted by Crippen LogP contribution is -2.13. The number of benzene rings is 3. The van der Waals surface area contributed by atoms with Crippen LogP contribution in [0.25, 0.3) is 44.1 Å². The molecule has 36 heavy (non-hydrogen) atoms. The standard InChI is InChI=1S/C26H20N2O6S2/c1-15-13-19(17-9-5-3-6-10-17)21-23(27-15)24-22(26(36(32,33)34)25(21)35(29,30)31)20(14-16(2)28-24)18-11-7-4-8-12-18/h3-14H,1-2H3,(H,29,30,31)(H,32,33,34). The van der Waals surface area contributed by atoms with Gasteiger partial charge in [0, 0.05) is 22.2 Å². The molecular formula is C26H20N2O6S2. The molecule has 182 valence electrons. The molecule has 2 N–H and O–H groups in total. The van der Waals surface area contributed by atoms with Crippen LogP contribution >= 0.6 is 0 Å². The molecule has 0 fully saturated rings. The van der Waals surface area contributed by atoms with E-state index in [1.165, 1.54) is 0 Å². The highest BCUT2D eigenvalue weighted by Crippen LogP contribution is 2.44. The lowest BCUT2D eigenvalue weighted by Gasteiger charge is -2.19. The summed E-state index contributed by atoms with van der Waals surface area (Å²) in [5.41, 5.74) is 2.99. The quantitative estimate of drug-likeness (QED) is 0.243. The van der Waals surface area contributed by atoms with Gasteiger partial charge in [-0.05, 0) is 48.2 Å². The minimum Gasteiger partial charge on any atom is -0.282 e. The monoisotopic (exact) mass is 520 g/mol. The fourth-order valence-corrected chi connectivity index (χ4v) is 6.79. The normalized spacial score (nSPS) is 12.3. The smallest absolute Gasteiger partial charge is 0.282 e. The fourth-order valence-electron chi connectivity index (χ4n) is 4.56. The molecule has 10 heteroatoms. The topological polar surface area (TPSA) is 135 Å². The minimum absolute atomic E-state index is 0.0877. The van der Waals surface area contributed by atoms with Gasteiger partial charge in [-0.1, -0.05) is 60.7 Å². The van der Waals surface area contributed by atoms with Crippen LogP contribution < -0.4 is 0 Å². The SMILES string of the molecule is Cc1cc(-c2ccccc2)c2c(S(=O)(=O)O)c(S(=O)(=O)O)c3c(-c4ccccc4)cc(C)nc3c2n1. The van der Waals surface area contributed by atoms with Crippen molar-refractivity contribution in [2.24, 2.45) is 0 Å². The fraction of sp³-hybridized carbons (Fsp3) is 0.0769. The average molecular weight is 521 g/mol. The van der Waals surface area contributed by atoms with E-state index < -0.39 is 30.0 Å². The third-order valence-electron chi connectivity index (χ3n) is 5.87. The Kier molecular flexibility index (Phi) is 5.64. The zero-order chi connectivity index (χ0) is 25.8. The van der Waals surface area contributed by atoms with Crippen molar-refractivity contribution in [3.8, 4) is 22.3 Å². The Morgan fingerprint density at radius 1 is 0.583 bits per heavy atom. The van der Waals surface area contributed by atoms with Gasteiger partial charge in [0.1, 0.15) is 9.79 Å². The average Bonchev–Trinajstić information content (AvgIpc) is 2.82. The molecule has 0 saturated heterocycles. The molecule has 5 aromatic rings. The summed E-state index contributed by atoms with van der Waals surface area (Å²) in [4.78, 5) is 7.21. The third kappa shape index (κ3) is 4.03. The van der Waals surface area contributed by atoms with Gasteiger partial charge in [-0.2, -0.15) is 16.8 Å². The molecule has 0 spiro atoms. The Morgan fingerprint density at radius 2 is 0.917 bits per heavy atom. The Morgan fingerprint density at radius 3 is 1.22 bits per heavy atom. The van der Waals surface area contributed by atoms with Crippen LogP contribution in [0.5, 0.6) is 0 Å². The molecule has 0 aliphatic heterocycles. The lowest BCUT2D eigenvalue weighted by atomic mass is 9.95. The van der Waals surface area contributed by atoms with Gasteiger partial charge in [0.25, 0.3) is 20.2 Å². The molecule has 2 heterocycles. The van der Waals surface area contributed by atoms with Gasteiger partial charge in [-0.15, -0.1) is 0 Å². The van der Waals surface area contributed by atoms with E-state index in [1.54, 1.807) is 86.6 Å². The summed E-state index contributed by atoms with van der Waals surface area (Å²) in [7, 11) is -10.4. The van der Waals surface area contributed by atoms with E-state index >= 15 is 0 Å². The number of pyridine rings is 2. The summed E-state index contributed by atoms with van der Waals surface area (Å²) in [6, 6.07) is 20.6. The molecule has 0 radical (unpaired) electrons. The van der Waals surface area contributed by atoms with Crippen molar-refractivity contribution in [3.05, 3.63) is 84.2 Å². The van der Waals surface area contributed by atoms with Gasteiger partial charge < -0.3 is 0 Å². The van der Waals surface area contributed by atoms with Crippen LogP contribution in [-0.4, -0.2) is 35.9 Å². The van der Waals surface area contributed by atoms with Crippen LogP contribution in [0.3, 0.4) is 0 Å².